The van der Waals surface area contributed by atoms with Crippen molar-refractivity contribution in [3.8, 4) is 0 Å². The van der Waals surface area contributed by atoms with Crippen molar-refractivity contribution in [1.82, 2.24) is 20.9 Å². The van der Waals surface area contributed by atoms with Gasteiger partial charge in [-0.05, 0) is 48.9 Å². The molecule has 1 aliphatic rings. The number of alkyl halides is 3. The molecular formula is C27H35F3N4O7. The molecule has 11 nitrogen and oxygen atoms in total. The summed E-state index contributed by atoms with van der Waals surface area (Å²) in [5, 5.41) is 15.9. The number of likely N-dealkylation sites (tertiary alicyclic amines) is 1. The lowest BCUT2D eigenvalue weighted by atomic mass is 9.98. The van der Waals surface area contributed by atoms with Gasteiger partial charge in [0.1, 0.15) is 12.1 Å². The first-order chi connectivity index (χ1) is 19.0. The number of hydrogen-bond acceptors (Lipinski definition) is 6. The molecule has 4 amide bonds. The van der Waals surface area contributed by atoms with E-state index in [2.05, 4.69) is 16.0 Å². The second kappa shape index (κ2) is 14.1. The first-order valence-electron chi connectivity index (χ1n) is 13.2. The number of Topliss-reactive ketones (excluding diaryl/α,β-unsaturated/α-hetero) is 1. The van der Waals surface area contributed by atoms with Gasteiger partial charge in [0, 0.05) is 24.2 Å². The minimum atomic E-state index is -5.14. The van der Waals surface area contributed by atoms with Crippen molar-refractivity contribution in [2.75, 3.05) is 13.1 Å². The van der Waals surface area contributed by atoms with Crippen LogP contribution < -0.4 is 16.0 Å². The highest BCUT2D eigenvalue weighted by molar-refractivity contribution is 6.00. The van der Waals surface area contributed by atoms with Crippen molar-refractivity contribution < 1.29 is 47.0 Å². The van der Waals surface area contributed by atoms with E-state index in [9.17, 15) is 41.9 Å². The molecule has 0 bridgehead atoms. The number of nitrogens with zero attached hydrogens (tertiary/aromatic N) is 1. The maximum absolute atomic E-state index is 13.5. The Bertz CT molecular complexity index is 1150. The van der Waals surface area contributed by atoms with Crippen molar-refractivity contribution in [3.63, 3.8) is 0 Å². The number of hydrogen-bond donors (Lipinski definition) is 4. The molecule has 2 unspecified atom stereocenters. The van der Waals surface area contributed by atoms with Gasteiger partial charge in [-0.2, -0.15) is 13.2 Å². The fourth-order valence-electron chi connectivity index (χ4n) is 4.34. The standard InChI is InChI=1S/C27H35F3N4O7/c1-14(2)20(22(37)27(28,29)30)32-25(40)18-6-5-13-34(18)26(41)21(15(3)4)33-24(39)17-9-7-16(8-10-17)23(38)31-12-11-19(35)36/h7-10,14-15,18,20-21H,5-6,11-13H2,1-4H3,(H,31,38)(H,32,40)(H,33,39)(H,35,36)/t18-,20?,21?/m0/s1. The van der Waals surface area contributed by atoms with E-state index in [1.807, 2.05) is 0 Å². The Hall–Kier alpha value is -3.97. The molecule has 1 aliphatic heterocycles. The van der Waals surface area contributed by atoms with E-state index in [1.54, 1.807) is 13.8 Å². The van der Waals surface area contributed by atoms with Crippen LogP contribution in [0.1, 0.15) is 67.7 Å². The Kier molecular flexibility index (Phi) is 11.4. The van der Waals surface area contributed by atoms with E-state index in [0.29, 0.717) is 6.42 Å². The number of rotatable bonds is 12. The molecule has 0 aliphatic carbocycles. The number of halogens is 3. The molecule has 0 radical (unpaired) electrons. The molecule has 226 valence electrons. The number of aliphatic carboxylic acids is 1. The molecule has 1 aromatic rings. The van der Waals surface area contributed by atoms with E-state index in [4.69, 9.17) is 5.11 Å². The highest BCUT2D eigenvalue weighted by Gasteiger charge is 2.46. The first kappa shape index (κ1) is 33.2. The Morgan fingerprint density at radius 2 is 1.44 bits per heavy atom. The van der Waals surface area contributed by atoms with Gasteiger partial charge in [0.2, 0.25) is 11.8 Å². The molecular weight excluding hydrogens is 549 g/mol. The van der Waals surface area contributed by atoms with Gasteiger partial charge < -0.3 is 26.0 Å². The highest BCUT2D eigenvalue weighted by atomic mass is 19.4. The van der Waals surface area contributed by atoms with Gasteiger partial charge in [0.25, 0.3) is 17.6 Å². The van der Waals surface area contributed by atoms with Crippen LogP contribution >= 0.6 is 0 Å². The molecule has 0 saturated carbocycles. The second-order valence-corrected chi connectivity index (χ2v) is 10.5. The summed E-state index contributed by atoms with van der Waals surface area (Å²) in [7, 11) is 0. The lowest BCUT2D eigenvalue weighted by Gasteiger charge is -2.32. The molecule has 0 aromatic heterocycles. The zero-order valence-electron chi connectivity index (χ0n) is 23.2. The van der Waals surface area contributed by atoms with Crippen molar-refractivity contribution in [1.29, 1.82) is 0 Å². The van der Waals surface area contributed by atoms with Gasteiger partial charge in [-0.15, -0.1) is 0 Å². The van der Waals surface area contributed by atoms with Crippen LogP contribution in [-0.2, 0) is 19.2 Å². The molecule has 14 heteroatoms. The maximum Gasteiger partial charge on any atom is 0.452 e. The lowest BCUT2D eigenvalue weighted by Crippen LogP contribution is -2.58. The number of carbonyl (C=O) groups is 6. The van der Waals surface area contributed by atoms with Crippen LogP contribution in [0.15, 0.2) is 24.3 Å². The average Bonchev–Trinajstić information content (AvgIpc) is 3.38. The molecule has 1 saturated heterocycles. The van der Waals surface area contributed by atoms with Gasteiger partial charge >= 0.3 is 12.1 Å². The Morgan fingerprint density at radius 3 is 1.93 bits per heavy atom. The Morgan fingerprint density at radius 1 is 0.902 bits per heavy atom. The summed E-state index contributed by atoms with van der Waals surface area (Å²) in [4.78, 5) is 75.1. The van der Waals surface area contributed by atoms with E-state index in [-0.39, 0.29) is 37.1 Å². The number of amides is 4. The number of carboxylic acids is 1. The number of ketones is 1. The van der Waals surface area contributed by atoms with Crippen LogP contribution in [0.25, 0.3) is 0 Å². The monoisotopic (exact) mass is 584 g/mol. The van der Waals surface area contributed by atoms with Gasteiger partial charge in [0.15, 0.2) is 0 Å². The molecule has 4 N–H and O–H groups in total. The van der Waals surface area contributed by atoms with E-state index < -0.39 is 71.5 Å². The minimum Gasteiger partial charge on any atom is -0.481 e. The SMILES string of the molecule is CC(C)C(NC(=O)c1ccc(C(=O)NCCC(=O)O)cc1)C(=O)N1CCC[C@H]1C(=O)NC(C(=O)C(F)(F)F)C(C)C. The Balaban J connectivity index is 2.12. The third kappa shape index (κ3) is 9.02. The van der Waals surface area contributed by atoms with Gasteiger partial charge in [-0.3, -0.25) is 28.8 Å². The van der Waals surface area contributed by atoms with E-state index >= 15 is 0 Å². The third-order valence-electron chi connectivity index (χ3n) is 6.62. The zero-order chi connectivity index (χ0) is 31.1. The maximum atomic E-state index is 13.5. The summed E-state index contributed by atoms with van der Waals surface area (Å²) >= 11 is 0. The largest absolute Gasteiger partial charge is 0.481 e. The average molecular weight is 585 g/mol. The predicted octanol–water partition coefficient (Wildman–Crippen LogP) is 1.91. The Labute approximate surface area is 235 Å². The summed E-state index contributed by atoms with van der Waals surface area (Å²) in [5.41, 5.74) is 0.324. The minimum absolute atomic E-state index is 0.0686. The van der Waals surface area contributed by atoms with E-state index in [1.165, 1.54) is 43.0 Å². The normalized spacial score (nSPS) is 16.7. The summed E-state index contributed by atoms with van der Waals surface area (Å²) in [5.74, 6) is -7.04. The number of carboxylic acid groups (broad SMARTS) is 1. The number of benzene rings is 1. The molecule has 0 spiro atoms. The van der Waals surface area contributed by atoms with Crippen LogP contribution in [0.2, 0.25) is 0 Å². The lowest BCUT2D eigenvalue weighted by molar-refractivity contribution is -0.175. The van der Waals surface area contributed by atoms with Crippen LogP contribution in [0.3, 0.4) is 0 Å². The zero-order valence-corrected chi connectivity index (χ0v) is 23.2. The van der Waals surface area contributed by atoms with Crippen molar-refractivity contribution >= 4 is 35.4 Å². The smallest absolute Gasteiger partial charge is 0.452 e. The number of carbonyl (C=O) groups excluding carboxylic acids is 5. The van der Waals surface area contributed by atoms with Crippen LogP contribution in [0.5, 0.6) is 0 Å². The van der Waals surface area contributed by atoms with Gasteiger partial charge in [-0.1, -0.05) is 27.7 Å². The molecule has 1 aromatic carbocycles. The predicted molar refractivity (Wildman–Crippen MR) is 140 cm³/mol. The molecule has 41 heavy (non-hydrogen) atoms. The third-order valence-corrected chi connectivity index (χ3v) is 6.62. The van der Waals surface area contributed by atoms with Crippen LogP contribution in [0.4, 0.5) is 13.2 Å². The fourth-order valence-corrected chi connectivity index (χ4v) is 4.34. The highest BCUT2D eigenvalue weighted by Crippen LogP contribution is 2.24. The van der Waals surface area contributed by atoms with Gasteiger partial charge in [0.05, 0.1) is 12.5 Å². The fraction of sp³-hybridized carbons (Fsp3) is 0.556. The summed E-state index contributed by atoms with van der Waals surface area (Å²) in [6, 6.07) is 1.46. The van der Waals surface area contributed by atoms with Gasteiger partial charge in [-0.25, -0.2) is 0 Å². The van der Waals surface area contributed by atoms with Crippen molar-refractivity contribution in [3.05, 3.63) is 35.4 Å². The molecule has 3 atom stereocenters. The molecule has 2 rings (SSSR count). The molecule has 1 fully saturated rings. The second-order valence-electron chi connectivity index (χ2n) is 10.5. The number of nitrogens with one attached hydrogen (secondary N) is 3. The molecule has 1 heterocycles. The summed E-state index contributed by atoms with van der Waals surface area (Å²) in [6.07, 6.45) is -4.81. The van der Waals surface area contributed by atoms with Crippen LogP contribution in [0, 0.1) is 11.8 Å². The van der Waals surface area contributed by atoms with Crippen LogP contribution in [-0.4, -0.2) is 82.8 Å². The van der Waals surface area contributed by atoms with Crippen molar-refractivity contribution in [2.45, 2.75) is 71.3 Å². The first-order valence-corrected chi connectivity index (χ1v) is 13.2. The quantitative estimate of drug-likeness (QED) is 0.292. The summed E-state index contributed by atoms with van der Waals surface area (Å²) in [6.45, 7) is 6.16. The van der Waals surface area contributed by atoms with Crippen molar-refractivity contribution in [2.24, 2.45) is 11.8 Å². The summed E-state index contributed by atoms with van der Waals surface area (Å²) < 4.78 is 39.1. The van der Waals surface area contributed by atoms with E-state index in [0.717, 1.165) is 0 Å². The topological polar surface area (TPSA) is 162 Å².